The normalized spacial score (nSPS) is 12.1. The van der Waals surface area contributed by atoms with Crippen molar-refractivity contribution in [1.29, 1.82) is 0 Å². The van der Waals surface area contributed by atoms with Crippen LogP contribution in [-0.2, 0) is 16.6 Å². The maximum Gasteiger partial charge on any atom is 0.305 e. The second-order valence-corrected chi connectivity index (χ2v) is 10.7. The number of anilines is 1. The first-order valence-electron chi connectivity index (χ1n) is 13.2. The Morgan fingerprint density at radius 2 is 1.46 bits per heavy atom. The van der Waals surface area contributed by atoms with E-state index in [1.54, 1.807) is 12.1 Å². The van der Waals surface area contributed by atoms with Gasteiger partial charge in [-0.2, -0.15) is 0 Å². The van der Waals surface area contributed by atoms with Gasteiger partial charge in [0.05, 0.1) is 6.42 Å². The first-order valence-corrected chi connectivity index (χ1v) is 13.2. The number of rotatable bonds is 12. The molecule has 1 atom stereocenters. The molecular weight excluding hydrogens is 460 g/mol. The predicted octanol–water partition coefficient (Wildman–Crippen LogP) is 7.07. The monoisotopic (exact) mass is 500 g/mol. The summed E-state index contributed by atoms with van der Waals surface area (Å²) in [5.74, 6) is -1.19. The molecule has 0 heterocycles. The molecule has 37 heavy (non-hydrogen) atoms. The number of amides is 1. The van der Waals surface area contributed by atoms with Crippen molar-refractivity contribution in [3.8, 4) is 11.1 Å². The molecule has 196 valence electrons. The zero-order valence-electron chi connectivity index (χ0n) is 22.5. The van der Waals surface area contributed by atoms with E-state index in [4.69, 9.17) is 5.11 Å². The summed E-state index contributed by atoms with van der Waals surface area (Å²) in [6.07, 6.45) is 4.16. The number of hydrogen-bond donors (Lipinski definition) is 3. The first kappa shape index (κ1) is 28.0. The lowest BCUT2D eigenvalue weighted by Gasteiger charge is -2.21. The Morgan fingerprint density at radius 1 is 0.865 bits per heavy atom. The summed E-state index contributed by atoms with van der Waals surface area (Å²) in [6, 6.07) is 25.4. The topological polar surface area (TPSA) is 78.4 Å². The van der Waals surface area contributed by atoms with Crippen molar-refractivity contribution in [3.05, 3.63) is 89.5 Å². The molecule has 0 fully saturated rings. The summed E-state index contributed by atoms with van der Waals surface area (Å²) in [7, 11) is 0. The second kappa shape index (κ2) is 13.1. The van der Waals surface area contributed by atoms with Crippen molar-refractivity contribution in [2.75, 3.05) is 11.9 Å². The Balaban J connectivity index is 1.62. The number of carboxylic acids is 1. The lowest BCUT2D eigenvalue weighted by atomic mass is 9.86. The Bertz CT molecular complexity index is 1140. The van der Waals surface area contributed by atoms with Crippen LogP contribution >= 0.6 is 0 Å². The van der Waals surface area contributed by atoms with Crippen molar-refractivity contribution in [3.63, 3.8) is 0 Å². The number of aliphatic carboxylic acids is 1. The quantitative estimate of drug-likeness (QED) is 0.249. The number of nitrogens with one attached hydrogen (secondary N) is 2. The Morgan fingerprint density at radius 3 is 2.00 bits per heavy atom. The van der Waals surface area contributed by atoms with Gasteiger partial charge in [0.15, 0.2) is 0 Å². The first-order chi connectivity index (χ1) is 17.7. The smallest absolute Gasteiger partial charge is 0.305 e. The third kappa shape index (κ3) is 8.78. The van der Waals surface area contributed by atoms with Crippen LogP contribution in [0.1, 0.15) is 74.9 Å². The summed E-state index contributed by atoms with van der Waals surface area (Å²) in [5, 5.41) is 15.0. The van der Waals surface area contributed by atoms with E-state index in [1.807, 2.05) is 12.1 Å². The average Bonchev–Trinajstić information content (AvgIpc) is 2.87. The average molecular weight is 501 g/mol. The van der Waals surface area contributed by atoms with Gasteiger partial charge in [0.2, 0.25) is 0 Å². The van der Waals surface area contributed by atoms with Crippen molar-refractivity contribution in [1.82, 2.24) is 5.32 Å². The van der Waals surface area contributed by atoms with Crippen LogP contribution in [0, 0.1) is 0 Å². The molecule has 0 spiro atoms. The molecule has 3 aromatic carbocycles. The number of benzene rings is 3. The standard InChI is InChI=1S/C32H40N2O3/c1-5-6-7-29(34-28-18-14-26(15-19-28)31(37)33-21-20-30(35)36)22-23-8-10-24(11-9-23)25-12-16-27(17-13-25)32(2,3)4/h8-19,29,34H,5-7,20-22H2,1-4H3,(H,33,37)(H,35,36). The SMILES string of the molecule is CCCCC(Cc1ccc(-c2ccc(C(C)(C)C)cc2)cc1)Nc1ccc(C(=O)NCCC(=O)O)cc1. The van der Waals surface area contributed by atoms with Crippen LogP contribution in [0.15, 0.2) is 72.8 Å². The molecule has 5 nitrogen and oxygen atoms in total. The molecule has 3 rings (SSSR count). The fourth-order valence-electron chi connectivity index (χ4n) is 4.29. The van der Waals surface area contributed by atoms with Gasteiger partial charge in [-0.1, -0.05) is 89.1 Å². The van der Waals surface area contributed by atoms with Crippen LogP contribution < -0.4 is 10.6 Å². The summed E-state index contributed by atoms with van der Waals surface area (Å²) in [6.45, 7) is 9.02. The van der Waals surface area contributed by atoms with Gasteiger partial charge in [-0.15, -0.1) is 0 Å². The van der Waals surface area contributed by atoms with E-state index in [2.05, 4.69) is 86.9 Å². The van der Waals surface area contributed by atoms with Gasteiger partial charge in [-0.3, -0.25) is 9.59 Å². The molecule has 1 amide bonds. The molecule has 1 unspecified atom stereocenters. The zero-order valence-corrected chi connectivity index (χ0v) is 22.5. The maximum atomic E-state index is 12.2. The molecule has 0 radical (unpaired) electrons. The van der Waals surface area contributed by atoms with E-state index in [0.717, 1.165) is 31.4 Å². The third-order valence-corrected chi connectivity index (χ3v) is 6.57. The lowest BCUT2D eigenvalue weighted by Crippen LogP contribution is -2.26. The van der Waals surface area contributed by atoms with Crippen molar-refractivity contribution in [2.45, 2.75) is 71.3 Å². The molecule has 3 aromatic rings. The van der Waals surface area contributed by atoms with Gasteiger partial charge < -0.3 is 15.7 Å². The van der Waals surface area contributed by atoms with Crippen molar-refractivity contribution < 1.29 is 14.7 Å². The number of unbranched alkanes of at least 4 members (excludes halogenated alkanes) is 1. The van der Waals surface area contributed by atoms with Gasteiger partial charge in [-0.05, 0) is 64.8 Å². The molecule has 3 N–H and O–H groups in total. The van der Waals surface area contributed by atoms with Crippen LogP contribution in [-0.4, -0.2) is 29.6 Å². The Hall–Kier alpha value is -3.60. The lowest BCUT2D eigenvalue weighted by molar-refractivity contribution is -0.136. The Kier molecular flexibility index (Phi) is 9.90. The van der Waals surface area contributed by atoms with Gasteiger partial charge in [0.25, 0.3) is 5.91 Å². The highest BCUT2D eigenvalue weighted by molar-refractivity contribution is 5.94. The maximum absolute atomic E-state index is 12.2. The Labute approximate surface area is 221 Å². The number of carboxylic acid groups (broad SMARTS) is 1. The molecule has 0 bridgehead atoms. The summed E-state index contributed by atoms with van der Waals surface area (Å²) < 4.78 is 0. The van der Waals surface area contributed by atoms with Gasteiger partial charge >= 0.3 is 5.97 Å². The zero-order chi connectivity index (χ0) is 26.8. The molecule has 0 aromatic heterocycles. The van der Waals surface area contributed by atoms with E-state index in [-0.39, 0.29) is 30.3 Å². The summed E-state index contributed by atoms with van der Waals surface area (Å²) in [4.78, 5) is 22.8. The molecule has 0 aliphatic carbocycles. The number of carbonyl (C=O) groups excluding carboxylic acids is 1. The highest BCUT2D eigenvalue weighted by Gasteiger charge is 2.14. The van der Waals surface area contributed by atoms with Crippen LogP contribution in [0.5, 0.6) is 0 Å². The number of carbonyl (C=O) groups is 2. The minimum Gasteiger partial charge on any atom is -0.481 e. The third-order valence-electron chi connectivity index (χ3n) is 6.57. The predicted molar refractivity (Wildman–Crippen MR) is 152 cm³/mol. The second-order valence-electron chi connectivity index (χ2n) is 10.7. The fraction of sp³-hybridized carbons (Fsp3) is 0.375. The van der Waals surface area contributed by atoms with Crippen LogP contribution in [0.25, 0.3) is 11.1 Å². The molecule has 0 aliphatic heterocycles. The van der Waals surface area contributed by atoms with Crippen molar-refractivity contribution in [2.24, 2.45) is 0 Å². The summed E-state index contributed by atoms with van der Waals surface area (Å²) >= 11 is 0. The van der Waals surface area contributed by atoms with Gasteiger partial charge in [0, 0.05) is 23.8 Å². The highest BCUT2D eigenvalue weighted by Crippen LogP contribution is 2.27. The van der Waals surface area contributed by atoms with E-state index in [9.17, 15) is 9.59 Å². The number of hydrogen-bond acceptors (Lipinski definition) is 3. The van der Waals surface area contributed by atoms with E-state index < -0.39 is 5.97 Å². The van der Waals surface area contributed by atoms with Gasteiger partial charge in [0.1, 0.15) is 0 Å². The van der Waals surface area contributed by atoms with Crippen LogP contribution in [0.3, 0.4) is 0 Å². The molecule has 0 saturated heterocycles. The molecule has 0 saturated carbocycles. The molecule has 0 aliphatic rings. The minimum absolute atomic E-state index is 0.0883. The largest absolute Gasteiger partial charge is 0.481 e. The summed E-state index contributed by atoms with van der Waals surface area (Å²) in [5.41, 5.74) is 6.72. The van der Waals surface area contributed by atoms with E-state index in [0.29, 0.717) is 5.56 Å². The van der Waals surface area contributed by atoms with E-state index in [1.165, 1.54) is 22.3 Å². The van der Waals surface area contributed by atoms with E-state index >= 15 is 0 Å². The fourth-order valence-corrected chi connectivity index (χ4v) is 4.29. The van der Waals surface area contributed by atoms with Gasteiger partial charge in [-0.25, -0.2) is 0 Å². The minimum atomic E-state index is -0.928. The van der Waals surface area contributed by atoms with Crippen molar-refractivity contribution >= 4 is 17.6 Å². The van der Waals surface area contributed by atoms with Crippen LogP contribution in [0.4, 0.5) is 5.69 Å². The molecular formula is C32H40N2O3. The molecule has 5 heteroatoms. The van der Waals surface area contributed by atoms with Crippen LogP contribution in [0.2, 0.25) is 0 Å². The highest BCUT2D eigenvalue weighted by atomic mass is 16.4.